The Hall–Kier alpha value is -1.93. The van der Waals surface area contributed by atoms with Gasteiger partial charge in [-0.05, 0) is 26.0 Å². The zero-order valence-corrected chi connectivity index (χ0v) is 12.8. The van der Waals surface area contributed by atoms with Crippen LogP contribution in [0.15, 0.2) is 33.9 Å². The first kappa shape index (κ1) is 15.5. The molecule has 0 aliphatic carbocycles. The van der Waals surface area contributed by atoms with Crippen LogP contribution in [-0.4, -0.2) is 29.7 Å². The molecule has 0 radical (unpaired) electrons. The van der Waals surface area contributed by atoms with Gasteiger partial charge >= 0.3 is 0 Å². The third-order valence-electron chi connectivity index (χ3n) is 2.71. The number of carbonyl (C=O) groups is 1. The molecule has 0 bridgehead atoms. The predicted octanol–water partition coefficient (Wildman–Crippen LogP) is 1.83. The van der Waals surface area contributed by atoms with Gasteiger partial charge in [-0.15, -0.1) is 0 Å². The van der Waals surface area contributed by atoms with Gasteiger partial charge in [0.1, 0.15) is 11.0 Å². The van der Waals surface area contributed by atoms with E-state index in [0.717, 1.165) is 0 Å². The summed E-state index contributed by atoms with van der Waals surface area (Å²) in [5, 5.41) is 4.20. The van der Waals surface area contributed by atoms with Gasteiger partial charge in [-0.3, -0.25) is 4.79 Å². The Morgan fingerprint density at radius 3 is 2.76 bits per heavy atom. The maximum atomic E-state index is 12.3. The first-order valence-electron chi connectivity index (χ1n) is 5.91. The van der Waals surface area contributed by atoms with Gasteiger partial charge in [0.15, 0.2) is 10.8 Å². The first-order chi connectivity index (χ1) is 9.82. The van der Waals surface area contributed by atoms with Gasteiger partial charge in [-0.1, -0.05) is 16.8 Å². The molecule has 2 heterocycles. The summed E-state index contributed by atoms with van der Waals surface area (Å²) in [6.07, 6.45) is 1.30. The zero-order chi connectivity index (χ0) is 15.6. The summed E-state index contributed by atoms with van der Waals surface area (Å²) in [4.78, 5) is 15.7. The van der Waals surface area contributed by atoms with Crippen molar-refractivity contribution >= 4 is 33.2 Å². The molecule has 1 unspecified atom stereocenters. The number of nitrogens with one attached hydrogen (secondary N) is 1. The molecular formula is C12H12ClN3O4S. The number of hydrogen-bond acceptors (Lipinski definition) is 6. The lowest BCUT2D eigenvalue weighted by atomic mass is 10.4. The van der Waals surface area contributed by atoms with Gasteiger partial charge in [0.2, 0.25) is 15.7 Å². The fourth-order valence-electron chi connectivity index (χ4n) is 1.54. The van der Waals surface area contributed by atoms with E-state index in [-0.39, 0.29) is 15.9 Å². The van der Waals surface area contributed by atoms with Crippen LogP contribution in [0.5, 0.6) is 0 Å². The number of sulfone groups is 1. The molecule has 0 spiro atoms. The number of rotatable bonds is 4. The van der Waals surface area contributed by atoms with Crippen LogP contribution in [0.1, 0.15) is 12.7 Å². The normalized spacial score (nSPS) is 12.9. The second-order valence-corrected chi connectivity index (χ2v) is 6.88. The topological polar surface area (TPSA) is 102 Å². The van der Waals surface area contributed by atoms with Crippen LogP contribution < -0.4 is 5.32 Å². The Balaban J connectivity index is 2.24. The number of carbonyl (C=O) groups excluding carboxylic acids is 1. The lowest BCUT2D eigenvalue weighted by Gasteiger charge is -2.12. The monoisotopic (exact) mass is 329 g/mol. The lowest BCUT2D eigenvalue weighted by Crippen LogP contribution is -2.33. The van der Waals surface area contributed by atoms with Crippen molar-refractivity contribution in [3.63, 3.8) is 0 Å². The number of pyridine rings is 1. The van der Waals surface area contributed by atoms with E-state index in [2.05, 4.69) is 15.5 Å². The Labute approximate surface area is 126 Å². The molecule has 7 nitrogen and oxygen atoms in total. The lowest BCUT2D eigenvalue weighted by molar-refractivity contribution is -0.115. The van der Waals surface area contributed by atoms with E-state index in [9.17, 15) is 13.2 Å². The highest BCUT2D eigenvalue weighted by molar-refractivity contribution is 7.92. The van der Waals surface area contributed by atoms with Crippen LogP contribution in [0.3, 0.4) is 0 Å². The number of amides is 1. The second-order valence-electron chi connectivity index (χ2n) is 4.29. The Morgan fingerprint density at radius 1 is 1.48 bits per heavy atom. The molecule has 2 aromatic heterocycles. The molecule has 0 saturated heterocycles. The Bertz CT molecular complexity index is 772. The van der Waals surface area contributed by atoms with Gasteiger partial charge in [0.25, 0.3) is 0 Å². The van der Waals surface area contributed by atoms with Crippen LogP contribution in [-0.2, 0) is 14.6 Å². The fraction of sp³-hybridized carbons (Fsp3) is 0.250. The average Bonchev–Trinajstić information content (AvgIpc) is 2.83. The number of anilines is 1. The van der Waals surface area contributed by atoms with E-state index in [1.165, 1.54) is 31.3 Å². The molecule has 0 aliphatic rings. The SMILES string of the molecule is Cc1cc(NC(=O)C(C)S(=O)(=O)c2ncccc2Cl)no1. The molecular weight excluding hydrogens is 318 g/mol. The molecule has 9 heteroatoms. The molecule has 2 aromatic rings. The molecule has 0 aliphatic heterocycles. The standard InChI is InChI=1S/C12H12ClN3O4S/c1-7-6-10(16-20-7)15-11(17)8(2)21(18,19)12-9(13)4-3-5-14-12/h3-6,8H,1-2H3,(H,15,16,17). The Morgan fingerprint density at radius 2 is 2.19 bits per heavy atom. The van der Waals surface area contributed by atoms with Gasteiger partial charge in [-0.2, -0.15) is 0 Å². The first-order valence-corrected chi connectivity index (χ1v) is 7.83. The zero-order valence-electron chi connectivity index (χ0n) is 11.2. The van der Waals surface area contributed by atoms with Crippen molar-refractivity contribution in [1.29, 1.82) is 0 Å². The van der Waals surface area contributed by atoms with Gasteiger partial charge in [0.05, 0.1) is 5.02 Å². The maximum absolute atomic E-state index is 12.3. The van der Waals surface area contributed by atoms with Crippen LogP contribution in [0, 0.1) is 6.92 Å². The summed E-state index contributed by atoms with van der Waals surface area (Å²) < 4.78 is 29.5. The molecule has 0 fully saturated rings. The van der Waals surface area contributed by atoms with E-state index in [0.29, 0.717) is 5.76 Å². The fourth-order valence-corrected chi connectivity index (χ4v) is 3.21. The average molecular weight is 330 g/mol. The maximum Gasteiger partial charge on any atom is 0.244 e. The van der Waals surface area contributed by atoms with Gasteiger partial charge in [-0.25, -0.2) is 13.4 Å². The number of aromatic nitrogens is 2. The van der Waals surface area contributed by atoms with Crippen molar-refractivity contribution in [2.45, 2.75) is 24.1 Å². The van der Waals surface area contributed by atoms with Crippen molar-refractivity contribution in [2.24, 2.45) is 0 Å². The predicted molar refractivity (Wildman–Crippen MR) is 75.8 cm³/mol. The summed E-state index contributed by atoms with van der Waals surface area (Å²) in [5.74, 6) is -0.106. The summed E-state index contributed by atoms with van der Waals surface area (Å²) in [6, 6.07) is 4.38. The van der Waals surface area contributed by atoms with Crippen molar-refractivity contribution < 1.29 is 17.7 Å². The molecule has 1 N–H and O–H groups in total. The quantitative estimate of drug-likeness (QED) is 0.918. The minimum atomic E-state index is -4.00. The molecule has 21 heavy (non-hydrogen) atoms. The molecule has 112 valence electrons. The van der Waals surface area contributed by atoms with Crippen molar-refractivity contribution in [2.75, 3.05) is 5.32 Å². The van der Waals surface area contributed by atoms with Crippen LogP contribution in [0.25, 0.3) is 0 Å². The third-order valence-corrected chi connectivity index (χ3v) is 5.13. The summed E-state index contributed by atoms with van der Waals surface area (Å²) in [5.41, 5.74) is 0. The Kier molecular flexibility index (Phi) is 4.29. The largest absolute Gasteiger partial charge is 0.360 e. The molecule has 0 aromatic carbocycles. The van der Waals surface area contributed by atoms with Crippen molar-refractivity contribution in [3.05, 3.63) is 35.2 Å². The third kappa shape index (κ3) is 3.22. The number of hydrogen-bond donors (Lipinski definition) is 1. The highest BCUT2D eigenvalue weighted by Crippen LogP contribution is 2.22. The molecule has 2 rings (SSSR count). The highest BCUT2D eigenvalue weighted by Gasteiger charge is 2.33. The van der Waals surface area contributed by atoms with E-state index in [4.69, 9.17) is 16.1 Å². The smallest absolute Gasteiger partial charge is 0.244 e. The van der Waals surface area contributed by atoms with Crippen LogP contribution in [0.4, 0.5) is 5.82 Å². The number of nitrogens with zero attached hydrogens (tertiary/aromatic N) is 2. The minimum Gasteiger partial charge on any atom is -0.360 e. The van der Waals surface area contributed by atoms with Crippen LogP contribution >= 0.6 is 11.6 Å². The summed E-state index contributed by atoms with van der Waals surface area (Å²) in [6.45, 7) is 2.90. The number of halogens is 1. The summed E-state index contributed by atoms with van der Waals surface area (Å²) in [7, 11) is -4.00. The number of aryl methyl sites for hydroxylation is 1. The molecule has 1 amide bonds. The van der Waals surface area contributed by atoms with Crippen LogP contribution in [0.2, 0.25) is 5.02 Å². The highest BCUT2D eigenvalue weighted by atomic mass is 35.5. The van der Waals surface area contributed by atoms with Crippen molar-refractivity contribution in [3.8, 4) is 0 Å². The second kappa shape index (κ2) is 5.82. The minimum absolute atomic E-state index is 0.0329. The van der Waals surface area contributed by atoms with E-state index >= 15 is 0 Å². The van der Waals surface area contributed by atoms with Crippen molar-refractivity contribution in [1.82, 2.24) is 10.1 Å². The van der Waals surface area contributed by atoms with E-state index in [1.54, 1.807) is 6.92 Å². The van der Waals surface area contributed by atoms with E-state index in [1.807, 2.05) is 0 Å². The van der Waals surface area contributed by atoms with E-state index < -0.39 is 21.0 Å². The molecule has 0 saturated carbocycles. The van der Waals surface area contributed by atoms with Gasteiger partial charge < -0.3 is 9.84 Å². The molecule has 1 atom stereocenters. The van der Waals surface area contributed by atoms with Gasteiger partial charge in [0, 0.05) is 12.3 Å². The summed E-state index contributed by atoms with van der Waals surface area (Å²) >= 11 is 5.82.